The van der Waals surface area contributed by atoms with Gasteiger partial charge >= 0.3 is 0 Å². The molecule has 0 aliphatic carbocycles. The molecule has 726 valence electrons. The Morgan fingerprint density at radius 3 is 0.556 bits per heavy atom. The van der Waals surface area contributed by atoms with Crippen LogP contribution in [-0.4, -0.2) is 373 Å². The second kappa shape index (κ2) is 88.0. The van der Waals surface area contributed by atoms with E-state index in [0.717, 1.165) is 25.7 Å². The zero-order valence-corrected chi connectivity index (χ0v) is 76.8. The van der Waals surface area contributed by atoms with Gasteiger partial charge in [0, 0.05) is 38.8 Å². The highest BCUT2D eigenvalue weighted by Gasteiger charge is 2.31. The molecule has 6 atom stereocenters. The average molecular weight is 1790 g/mol. The van der Waals surface area contributed by atoms with Gasteiger partial charge in [0.2, 0.25) is 47.3 Å². The van der Waals surface area contributed by atoms with Gasteiger partial charge in [-0.2, -0.15) is 0 Å². The molecule has 124 heavy (non-hydrogen) atoms. The fraction of sp³-hybridized carbons (Fsp3) is 0.884. The number of hydrogen-bond donors (Lipinski definition) is 8. The summed E-state index contributed by atoms with van der Waals surface area (Å²) in [6.07, 6.45) is 6.69. The maximum atomic E-state index is 13.4. The molecule has 0 radical (unpaired) electrons. The fourth-order valence-electron chi connectivity index (χ4n) is 11.1. The molecule has 0 spiro atoms. The summed E-state index contributed by atoms with van der Waals surface area (Å²) in [7, 11) is 0. The van der Waals surface area contributed by atoms with Gasteiger partial charge in [-0.1, -0.05) is 94.9 Å². The molecule has 0 heterocycles. The second-order valence-electron chi connectivity index (χ2n) is 30.6. The molecule has 0 saturated heterocycles. The lowest BCUT2D eigenvalue weighted by atomic mass is 9.99. The molecule has 0 aliphatic rings. The highest BCUT2D eigenvalue weighted by atomic mass is 16.6. The quantitative estimate of drug-likeness (QED) is 0.0320. The fourth-order valence-corrected chi connectivity index (χ4v) is 11.1. The Hall–Kier alpha value is -5.70. The summed E-state index contributed by atoms with van der Waals surface area (Å²) < 4.78 is 111. The number of rotatable bonds is 95. The lowest BCUT2D eigenvalue weighted by Crippen LogP contribution is -2.55. The monoisotopic (exact) mass is 1790 g/mol. The number of carbonyl (C=O) groups is 10. The molecule has 0 unspecified atom stereocenters. The van der Waals surface area contributed by atoms with Gasteiger partial charge in [-0.3, -0.25) is 38.4 Å². The molecular formula is C86H162N8O30. The maximum Gasteiger partial charge on any atom is 0.243 e. The van der Waals surface area contributed by atoms with Crippen LogP contribution in [0.2, 0.25) is 0 Å². The maximum absolute atomic E-state index is 13.4. The number of amides is 8. The van der Waals surface area contributed by atoms with E-state index in [4.69, 9.17) is 94.7 Å². The first-order valence-electron chi connectivity index (χ1n) is 44.9. The topological polar surface area (TPSA) is 452 Å². The van der Waals surface area contributed by atoms with Gasteiger partial charge in [0.05, 0.1) is 276 Å². The summed E-state index contributed by atoms with van der Waals surface area (Å²) in [6, 6.07) is -4.85. The number of nitrogens with one attached hydrogen (secondary N) is 8. The predicted molar refractivity (Wildman–Crippen MR) is 461 cm³/mol. The zero-order valence-electron chi connectivity index (χ0n) is 76.8. The van der Waals surface area contributed by atoms with Crippen LogP contribution in [0.5, 0.6) is 0 Å². The van der Waals surface area contributed by atoms with Crippen molar-refractivity contribution in [3.05, 3.63) is 0 Å². The van der Waals surface area contributed by atoms with E-state index in [1.807, 2.05) is 69.2 Å². The minimum Gasteiger partial charge on any atom is -0.377 e. The van der Waals surface area contributed by atoms with E-state index >= 15 is 0 Å². The third-order valence-corrected chi connectivity index (χ3v) is 17.5. The smallest absolute Gasteiger partial charge is 0.243 e. The van der Waals surface area contributed by atoms with E-state index in [9.17, 15) is 47.9 Å². The van der Waals surface area contributed by atoms with Crippen LogP contribution in [0.15, 0.2) is 0 Å². The third kappa shape index (κ3) is 79.7. The zero-order chi connectivity index (χ0) is 91.2. The van der Waals surface area contributed by atoms with Crippen molar-refractivity contribution in [2.24, 2.45) is 23.7 Å². The lowest BCUT2D eigenvalue weighted by Gasteiger charge is -2.26. The Labute approximate surface area is 738 Å². The Bertz CT molecular complexity index is 2410. The highest BCUT2D eigenvalue weighted by Crippen LogP contribution is 2.14. The molecule has 8 N–H and O–H groups in total. The molecule has 0 aromatic carbocycles. The lowest BCUT2D eigenvalue weighted by molar-refractivity contribution is -0.133. The summed E-state index contributed by atoms with van der Waals surface area (Å²) in [5.74, 6) is -3.22. The van der Waals surface area contributed by atoms with Crippen molar-refractivity contribution in [2.75, 3.05) is 277 Å². The van der Waals surface area contributed by atoms with Gasteiger partial charge in [0.15, 0.2) is 0 Å². The summed E-state index contributed by atoms with van der Waals surface area (Å²) in [5, 5.41) is 22.0. The van der Waals surface area contributed by atoms with E-state index in [1.54, 1.807) is 0 Å². The van der Waals surface area contributed by atoms with Crippen molar-refractivity contribution in [1.29, 1.82) is 0 Å². The molecule has 0 rings (SSSR count). The van der Waals surface area contributed by atoms with E-state index in [-0.39, 0.29) is 87.5 Å². The minimum absolute atomic E-state index is 0.0528. The molecule has 0 bridgehead atoms. The van der Waals surface area contributed by atoms with Crippen LogP contribution in [0.1, 0.15) is 159 Å². The van der Waals surface area contributed by atoms with Crippen LogP contribution in [0.25, 0.3) is 0 Å². The SMILES string of the molecule is CCCC[C@@H](C=O)NC(=O)[C@H](CC(C)C)NC(=O)[C@H](CC(C)C)NC(=O)CCC(=O)NCCOCCOCCOCCOCCOCCOCCOCCOCCOCCOCCOCCOCCOCCOCCOCCOCCOCCOCCOCCOCCNC(=O)CCC(=O)N[C@@H](CC(C)C)C(=O)N[C@@H](CC(C)C)C(=O)N[C@H](C=O)CCCC. The number of hydrogen-bond acceptors (Lipinski definition) is 30. The van der Waals surface area contributed by atoms with Crippen molar-refractivity contribution < 1.29 is 143 Å². The molecule has 0 aromatic rings. The molecule has 38 heteroatoms. The van der Waals surface area contributed by atoms with Gasteiger partial charge < -0.3 is 147 Å². The van der Waals surface area contributed by atoms with Gasteiger partial charge in [-0.05, 0) is 62.2 Å². The Morgan fingerprint density at radius 2 is 0.387 bits per heavy atom. The van der Waals surface area contributed by atoms with Crippen LogP contribution in [-0.2, 0) is 143 Å². The number of carbonyl (C=O) groups excluding carboxylic acids is 10. The van der Waals surface area contributed by atoms with Gasteiger partial charge in [-0.25, -0.2) is 0 Å². The van der Waals surface area contributed by atoms with Crippen LogP contribution in [0, 0.1) is 23.7 Å². The molecule has 0 aromatic heterocycles. The standard InChI is InChI=1S/C86H162N8O30/c1-11-13-15-73(67-95)89-83(101)77(65-71(7)8)93-85(103)75(63-69(3)4)91-81(99)19-17-79(97)87-21-23-105-25-27-107-29-31-109-33-35-111-37-39-113-41-43-115-45-47-117-49-51-119-53-55-121-57-59-123-61-62-124-60-58-122-56-54-120-52-50-118-48-46-116-44-42-114-40-38-112-36-34-110-32-30-108-28-26-106-24-22-88-80(98)18-20-82(100)92-76(64-70(5)6)86(104)94-78(66-72(9)10)84(102)90-74(68-96)16-14-12-2/h67-78H,11-66H2,1-10H3,(H,87,97)(H,88,98)(H,89,101)(H,90,102)(H,91,99)(H,92,100)(H,93,103)(H,94,104)/t73-,74-,75-,76-,77-,78-/m0/s1. The minimum atomic E-state index is -0.906. The van der Waals surface area contributed by atoms with Crippen LogP contribution in [0.4, 0.5) is 0 Å². The first-order chi connectivity index (χ1) is 60.1. The summed E-state index contributed by atoms with van der Waals surface area (Å²) in [4.78, 5) is 127. The van der Waals surface area contributed by atoms with Gasteiger partial charge in [0.25, 0.3) is 0 Å². The molecule has 0 aliphatic heterocycles. The molecular weight excluding hydrogens is 1620 g/mol. The van der Waals surface area contributed by atoms with Crippen molar-refractivity contribution in [3.8, 4) is 0 Å². The number of ether oxygens (including phenoxy) is 20. The summed E-state index contributed by atoms with van der Waals surface area (Å²) >= 11 is 0. The molecule has 0 saturated carbocycles. The Balaban J connectivity index is 3.51. The van der Waals surface area contributed by atoms with Crippen LogP contribution in [0.3, 0.4) is 0 Å². The largest absolute Gasteiger partial charge is 0.377 e. The van der Waals surface area contributed by atoms with Crippen molar-refractivity contribution >= 4 is 59.8 Å². The van der Waals surface area contributed by atoms with E-state index in [0.29, 0.717) is 302 Å². The van der Waals surface area contributed by atoms with Gasteiger partial charge in [0.1, 0.15) is 36.7 Å². The Morgan fingerprint density at radius 1 is 0.226 bits per heavy atom. The summed E-state index contributed by atoms with van der Waals surface area (Å²) in [5.41, 5.74) is 0. The van der Waals surface area contributed by atoms with Crippen LogP contribution < -0.4 is 42.5 Å². The predicted octanol–water partition coefficient (Wildman–Crippen LogP) is 2.98. The summed E-state index contributed by atoms with van der Waals surface area (Å²) in [6.45, 7) is 36.6. The van der Waals surface area contributed by atoms with E-state index in [2.05, 4.69) is 42.5 Å². The van der Waals surface area contributed by atoms with Crippen molar-refractivity contribution in [3.63, 3.8) is 0 Å². The molecule has 0 fully saturated rings. The highest BCUT2D eigenvalue weighted by molar-refractivity contribution is 5.94. The Kier molecular flexibility index (Phi) is 83.9. The first-order valence-corrected chi connectivity index (χ1v) is 44.9. The first kappa shape index (κ1) is 118. The van der Waals surface area contributed by atoms with Crippen molar-refractivity contribution in [1.82, 2.24) is 42.5 Å². The molecule has 8 amide bonds. The van der Waals surface area contributed by atoms with Crippen LogP contribution >= 0.6 is 0 Å². The second-order valence-corrected chi connectivity index (χ2v) is 30.6. The molecule has 38 nitrogen and oxygen atoms in total. The van der Waals surface area contributed by atoms with E-state index in [1.165, 1.54) is 0 Å². The number of aldehydes is 2. The normalized spacial score (nSPS) is 13.0. The van der Waals surface area contributed by atoms with Gasteiger partial charge in [-0.15, -0.1) is 0 Å². The van der Waals surface area contributed by atoms with E-state index < -0.39 is 71.7 Å². The third-order valence-electron chi connectivity index (χ3n) is 17.5. The number of unbranched alkanes of at least 4 members (excludes halogenated alkanes) is 2. The van der Waals surface area contributed by atoms with Crippen molar-refractivity contribution in [2.45, 2.75) is 195 Å². The average Bonchev–Trinajstić information content (AvgIpc) is 0.875.